The van der Waals surface area contributed by atoms with E-state index >= 15 is 0 Å². The minimum Gasteiger partial charge on any atom is -0.431 e. The van der Waals surface area contributed by atoms with E-state index in [1.807, 2.05) is 67.5 Å². The van der Waals surface area contributed by atoms with Gasteiger partial charge in [0.05, 0.1) is 5.69 Å². The zero-order chi connectivity index (χ0) is 17.8. The third-order valence-electron chi connectivity index (χ3n) is 3.70. The van der Waals surface area contributed by atoms with Gasteiger partial charge in [-0.15, -0.1) is 0 Å². The van der Waals surface area contributed by atoms with Gasteiger partial charge in [-0.2, -0.15) is 0 Å². The molecule has 3 rings (SSSR count). The van der Waals surface area contributed by atoms with Crippen LogP contribution < -0.4 is 9.64 Å². The minimum absolute atomic E-state index is 0.292. The molecule has 3 aromatic carbocycles. The number of fused-ring (bicyclic) bond motifs is 1. The molecule has 126 valence electrons. The minimum atomic E-state index is 0.292. The Morgan fingerprint density at radius 3 is 2.12 bits per heavy atom. The van der Waals surface area contributed by atoms with Crippen molar-refractivity contribution in [3.63, 3.8) is 0 Å². The summed E-state index contributed by atoms with van der Waals surface area (Å²) >= 11 is 11.1. The highest BCUT2D eigenvalue weighted by Gasteiger charge is 2.21. The van der Waals surface area contributed by atoms with E-state index in [-0.39, 0.29) is 0 Å². The van der Waals surface area contributed by atoms with Crippen molar-refractivity contribution in [2.45, 2.75) is 0 Å². The van der Waals surface area contributed by atoms with Crippen molar-refractivity contribution in [3.8, 4) is 5.75 Å². The molecule has 0 N–H and O–H groups in total. The maximum Gasteiger partial charge on any atom is 0.275 e. The average Bonchev–Trinajstić information content (AvgIpc) is 2.62. The molecule has 3 aromatic rings. The van der Waals surface area contributed by atoms with Crippen LogP contribution in [0.4, 0.5) is 5.69 Å². The predicted octanol–water partition coefficient (Wildman–Crippen LogP) is 4.86. The lowest BCUT2D eigenvalue weighted by Crippen LogP contribution is -2.44. The molecule has 0 fully saturated rings. The third kappa shape index (κ3) is 3.95. The molecule has 0 saturated heterocycles. The largest absolute Gasteiger partial charge is 0.431 e. The molecule has 0 atom stereocenters. The van der Waals surface area contributed by atoms with Gasteiger partial charge in [-0.1, -0.05) is 48.5 Å². The van der Waals surface area contributed by atoms with Crippen molar-refractivity contribution in [2.24, 2.45) is 0 Å². The number of nitrogens with zero attached hydrogens (tertiary/aromatic N) is 2. The molecule has 5 heteroatoms. The molecule has 0 amide bonds. The fourth-order valence-corrected chi connectivity index (χ4v) is 2.98. The van der Waals surface area contributed by atoms with Gasteiger partial charge in [-0.3, -0.25) is 0 Å². The molecule has 25 heavy (non-hydrogen) atoms. The Morgan fingerprint density at radius 1 is 0.800 bits per heavy atom. The molecule has 3 nitrogen and oxygen atoms in total. The number of rotatable bonds is 2. The van der Waals surface area contributed by atoms with Crippen LogP contribution in [-0.2, 0) is 0 Å². The van der Waals surface area contributed by atoms with Gasteiger partial charge in [0, 0.05) is 14.1 Å². The quantitative estimate of drug-likeness (QED) is 0.600. The fraction of sp³-hybridized carbons (Fsp3) is 0.100. The van der Waals surface area contributed by atoms with Crippen molar-refractivity contribution >= 4 is 51.2 Å². The Labute approximate surface area is 158 Å². The Kier molecular flexibility index (Phi) is 5.26. The van der Waals surface area contributed by atoms with Gasteiger partial charge in [0.15, 0.2) is 5.11 Å². The second-order valence-corrected chi connectivity index (χ2v) is 6.44. The van der Waals surface area contributed by atoms with Gasteiger partial charge in [-0.25, -0.2) is 4.90 Å². The molecule has 0 aromatic heterocycles. The molecule has 0 saturated carbocycles. The normalized spacial score (nSPS) is 10.3. The van der Waals surface area contributed by atoms with Gasteiger partial charge in [-0.05, 0) is 59.5 Å². The van der Waals surface area contributed by atoms with E-state index in [0.29, 0.717) is 16.0 Å². The Balaban J connectivity index is 1.98. The van der Waals surface area contributed by atoms with Crippen LogP contribution in [-0.4, -0.2) is 29.3 Å². The van der Waals surface area contributed by atoms with Gasteiger partial charge in [0.2, 0.25) is 0 Å². The fourth-order valence-electron chi connectivity index (χ4n) is 2.44. The highest BCUT2D eigenvalue weighted by atomic mass is 32.1. The smallest absolute Gasteiger partial charge is 0.275 e. The molecular weight excluding hydrogens is 348 g/mol. The number of ether oxygens (including phenoxy) is 1. The van der Waals surface area contributed by atoms with Crippen molar-refractivity contribution in [3.05, 3.63) is 72.8 Å². The van der Waals surface area contributed by atoms with E-state index in [9.17, 15) is 0 Å². The Bertz CT molecular complexity index is 910. The number of hydrogen-bond acceptors (Lipinski definition) is 3. The van der Waals surface area contributed by atoms with Crippen LogP contribution in [0.5, 0.6) is 5.75 Å². The third-order valence-corrected chi connectivity index (χ3v) is 4.51. The van der Waals surface area contributed by atoms with E-state index in [1.54, 1.807) is 4.90 Å². The molecular formula is C20H18N2OS2. The highest BCUT2D eigenvalue weighted by molar-refractivity contribution is 7.82. The standard InChI is InChI=1S/C20H18N2OS2/c1-21(2)19(24)22(20(25)23-18-10-4-3-5-11-18)17-13-12-15-8-6-7-9-16(15)14-17/h3-14H,1-2H3. The van der Waals surface area contributed by atoms with E-state index in [4.69, 9.17) is 29.2 Å². The van der Waals surface area contributed by atoms with Crippen molar-refractivity contribution < 1.29 is 4.74 Å². The van der Waals surface area contributed by atoms with Crippen molar-refractivity contribution in [1.29, 1.82) is 0 Å². The zero-order valence-electron chi connectivity index (χ0n) is 14.0. The monoisotopic (exact) mass is 366 g/mol. The van der Waals surface area contributed by atoms with Crippen molar-refractivity contribution in [1.82, 2.24) is 4.90 Å². The SMILES string of the molecule is CN(C)C(=S)N(C(=S)Oc1ccccc1)c1ccc2ccccc2c1. The first-order valence-corrected chi connectivity index (χ1v) is 8.65. The summed E-state index contributed by atoms with van der Waals surface area (Å²) in [5.74, 6) is 0.680. The molecule has 0 aliphatic heterocycles. The van der Waals surface area contributed by atoms with Crippen LogP contribution in [0.1, 0.15) is 0 Å². The van der Waals surface area contributed by atoms with Crippen LogP contribution in [0.3, 0.4) is 0 Å². The summed E-state index contributed by atoms with van der Waals surface area (Å²) in [7, 11) is 3.78. The summed E-state index contributed by atoms with van der Waals surface area (Å²) in [4.78, 5) is 3.61. The van der Waals surface area contributed by atoms with Gasteiger partial charge in [0.25, 0.3) is 5.17 Å². The van der Waals surface area contributed by atoms with Gasteiger partial charge >= 0.3 is 0 Å². The van der Waals surface area contributed by atoms with Crippen LogP contribution >= 0.6 is 24.4 Å². The van der Waals surface area contributed by atoms with Crippen LogP contribution in [0, 0.1) is 0 Å². The summed E-state index contributed by atoms with van der Waals surface area (Å²) < 4.78 is 5.86. The first-order chi connectivity index (χ1) is 12.1. The van der Waals surface area contributed by atoms with Crippen molar-refractivity contribution in [2.75, 3.05) is 19.0 Å². The molecule has 0 unspecified atom stereocenters. The molecule has 0 radical (unpaired) electrons. The molecule has 0 spiro atoms. The first-order valence-electron chi connectivity index (χ1n) is 7.83. The number of para-hydroxylation sites is 1. The first kappa shape index (κ1) is 17.3. The van der Waals surface area contributed by atoms with E-state index in [2.05, 4.69) is 24.3 Å². The summed E-state index contributed by atoms with van der Waals surface area (Å²) in [6.45, 7) is 0. The summed E-state index contributed by atoms with van der Waals surface area (Å²) in [6, 6.07) is 23.8. The summed E-state index contributed by atoms with van der Waals surface area (Å²) in [6.07, 6.45) is 0. The maximum atomic E-state index is 5.86. The van der Waals surface area contributed by atoms with E-state index in [1.165, 1.54) is 0 Å². The lowest BCUT2D eigenvalue weighted by Gasteiger charge is -2.29. The Hall–Kier alpha value is -2.50. The van der Waals surface area contributed by atoms with Gasteiger partial charge < -0.3 is 9.64 Å². The second kappa shape index (κ2) is 7.59. The zero-order valence-corrected chi connectivity index (χ0v) is 15.7. The topological polar surface area (TPSA) is 15.7 Å². The summed E-state index contributed by atoms with van der Waals surface area (Å²) in [5, 5.41) is 3.14. The van der Waals surface area contributed by atoms with Crippen LogP contribution in [0.25, 0.3) is 10.8 Å². The molecule has 0 heterocycles. The molecule has 0 bridgehead atoms. The number of benzene rings is 3. The maximum absolute atomic E-state index is 5.86. The second-order valence-electron chi connectivity index (χ2n) is 5.72. The van der Waals surface area contributed by atoms with Gasteiger partial charge in [0.1, 0.15) is 5.75 Å². The Morgan fingerprint density at radius 2 is 1.44 bits per heavy atom. The van der Waals surface area contributed by atoms with E-state index < -0.39 is 0 Å². The van der Waals surface area contributed by atoms with Crippen LogP contribution in [0.15, 0.2) is 72.8 Å². The predicted molar refractivity (Wildman–Crippen MR) is 112 cm³/mol. The number of thiocarbonyl (C=S) groups is 2. The summed E-state index contributed by atoms with van der Waals surface area (Å²) in [5.41, 5.74) is 0.873. The molecule has 0 aliphatic carbocycles. The average molecular weight is 367 g/mol. The number of hydrogen-bond donors (Lipinski definition) is 0. The van der Waals surface area contributed by atoms with Crippen LogP contribution in [0.2, 0.25) is 0 Å². The number of anilines is 1. The van der Waals surface area contributed by atoms with E-state index in [0.717, 1.165) is 16.5 Å². The molecule has 0 aliphatic rings. The lowest BCUT2D eigenvalue weighted by atomic mass is 10.1. The highest BCUT2D eigenvalue weighted by Crippen LogP contribution is 2.24. The lowest BCUT2D eigenvalue weighted by molar-refractivity contribution is 0.549.